The van der Waals surface area contributed by atoms with E-state index in [1.165, 1.54) is 6.07 Å². The number of pyridine rings is 1. The van der Waals surface area contributed by atoms with Gasteiger partial charge in [-0.3, -0.25) is 4.79 Å². The van der Waals surface area contributed by atoms with Gasteiger partial charge in [0.2, 0.25) is 0 Å². The summed E-state index contributed by atoms with van der Waals surface area (Å²) in [5, 5.41) is 3.38. The number of fused-ring (bicyclic) bond motifs is 4. The van der Waals surface area contributed by atoms with Crippen molar-refractivity contribution >= 4 is 0 Å². The zero-order chi connectivity index (χ0) is 16.9. The molecule has 6 heteroatoms. The van der Waals surface area contributed by atoms with E-state index in [9.17, 15) is 18.0 Å². The fraction of sp³-hybridized carbons (Fsp3) is 0.389. The molecule has 1 N–H and O–H groups in total. The molecule has 126 valence electrons. The molecular formula is C18H17F3N2O. The smallest absolute Gasteiger partial charge is 0.316 e. The van der Waals surface area contributed by atoms with Crippen molar-refractivity contribution in [3.8, 4) is 11.1 Å². The number of rotatable bonds is 1. The van der Waals surface area contributed by atoms with Crippen LogP contribution in [0.1, 0.15) is 23.6 Å². The number of nitrogens with zero attached hydrogens (tertiary/aromatic N) is 1. The molecule has 2 bridgehead atoms. The van der Waals surface area contributed by atoms with Crippen LogP contribution < -0.4 is 10.9 Å². The Bertz CT molecular complexity index is 841. The minimum Gasteiger partial charge on any atom is -0.316 e. The van der Waals surface area contributed by atoms with Crippen LogP contribution in [-0.4, -0.2) is 17.7 Å². The highest BCUT2D eigenvalue weighted by Gasteiger charge is 2.32. The van der Waals surface area contributed by atoms with Gasteiger partial charge < -0.3 is 9.88 Å². The molecule has 24 heavy (non-hydrogen) atoms. The first kappa shape index (κ1) is 15.4. The van der Waals surface area contributed by atoms with E-state index < -0.39 is 11.7 Å². The molecule has 0 spiro atoms. The molecule has 2 atom stereocenters. The van der Waals surface area contributed by atoms with E-state index in [1.807, 2.05) is 6.07 Å². The zero-order valence-corrected chi connectivity index (χ0v) is 12.9. The molecule has 3 heterocycles. The first-order valence-corrected chi connectivity index (χ1v) is 8.05. The van der Waals surface area contributed by atoms with E-state index >= 15 is 0 Å². The Morgan fingerprint density at radius 3 is 2.75 bits per heavy atom. The summed E-state index contributed by atoms with van der Waals surface area (Å²) >= 11 is 0. The van der Waals surface area contributed by atoms with Crippen molar-refractivity contribution in [1.82, 2.24) is 9.88 Å². The molecular weight excluding hydrogens is 317 g/mol. The van der Waals surface area contributed by atoms with Gasteiger partial charge in [0.15, 0.2) is 0 Å². The lowest BCUT2D eigenvalue weighted by molar-refractivity contribution is -0.137. The molecule has 1 aromatic heterocycles. The highest BCUT2D eigenvalue weighted by Crippen LogP contribution is 2.34. The maximum absolute atomic E-state index is 12.9. The molecule has 2 aromatic rings. The second-order valence-corrected chi connectivity index (χ2v) is 6.62. The summed E-state index contributed by atoms with van der Waals surface area (Å²) in [6.45, 7) is 2.36. The van der Waals surface area contributed by atoms with Crippen molar-refractivity contribution in [3.63, 3.8) is 0 Å². The van der Waals surface area contributed by atoms with Gasteiger partial charge in [-0.2, -0.15) is 13.2 Å². The van der Waals surface area contributed by atoms with E-state index in [4.69, 9.17) is 0 Å². The number of hydrogen-bond donors (Lipinski definition) is 1. The van der Waals surface area contributed by atoms with Crippen LogP contribution in [0.5, 0.6) is 0 Å². The lowest BCUT2D eigenvalue weighted by atomic mass is 9.84. The van der Waals surface area contributed by atoms with Crippen LogP contribution in [0.25, 0.3) is 11.1 Å². The second kappa shape index (κ2) is 5.48. The molecule has 0 aliphatic carbocycles. The van der Waals surface area contributed by atoms with Gasteiger partial charge in [0.25, 0.3) is 5.56 Å². The predicted octanol–water partition coefficient (Wildman–Crippen LogP) is 3.24. The molecule has 0 amide bonds. The summed E-state index contributed by atoms with van der Waals surface area (Å²) in [4.78, 5) is 12.9. The summed E-state index contributed by atoms with van der Waals surface area (Å²) in [5.41, 5.74) is 0.711. The van der Waals surface area contributed by atoms with Gasteiger partial charge in [-0.15, -0.1) is 0 Å². The normalized spacial score (nSPS) is 23.0. The van der Waals surface area contributed by atoms with Crippen molar-refractivity contribution in [2.75, 3.05) is 13.1 Å². The minimum atomic E-state index is -4.41. The molecule has 4 rings (SSSR count). The third kappa shape index (κ3) is 2.55. The largest absolute Gasteiger partial charge is 0.416 e. The third-order valence-electron chi connectivity index (χ3n) is 5.01. The Labute approximate surface area is 137 Å². The van der Waals surface area contributed by atoms with Crippen molar-refractivity contribution in [2.45, 2.75) is 25.1 Å². The maximum Gasteiger partial charge on any atom is 0.416 e. The molecule has 1 fully saturated rings. The molecule has 1 saturated heterocycles. The number of aromatic nitrogens is 1. The Morgan fingerprint density at radius 2 is 1.96 bits per heavy atom. The average molecular weight is 334 g/mol. The summed E-state index contributed by atoms with van der Waals surface area (Å²) in [5.74, 6) is 0.714. The molecule has 2 unspecified atom stereocenters. The second-order valence-electron chi connectivity index (χ2n) is 6.62. The minimum absolute atomic E-state index is 0.191. The topological polar surface area (TPSA) is 34.0 Å². The summed E-state index contributed by atoms with van der Waals surface area (Å²) in [6, 6.07) is 8.54. The maximum atomic E-state index is 12.9. The molecule has 2 aliphatic heterocycles. The van der Waals surface area contributed by atoms with Crippen LogP contribution in [0.15, 0.2) is 41.2 Å². The number of alkyl halides is 3. The van der Waals surface area contributed by atoms with Gasteiger partial charge in [0.05, 0.1) is 5.56 Å². The number of piperidine rings is 1. The Morgan fingerprint density at radius 1 is 1.12 bits per heavy atom. The fourth-order valence-electron chi connectivity index (χ4n) is 3.87. The quantitative estimate of drug-likeness (QED) is 0.869. The van der Waals surface area contributed by atoms with Gasteiger partial charge in [0.1, 0.15) is 0 Å². The van der Waals surface area contributed by atoms with Crippen LogP contribution in [-0.2, 0) is 12.7 Å². The van der Waals surface area contributed by atoms with Gasteiger partial charge in [-0.05, 0) is 48.7 Å². The van der Waals surface area contributed by atoms with Crippen LogP contribution in [0.3, 0.4) is 0 Å². The van der Waals surface area contributed by atoms with E-state index in [0.717, 1.165) is 37.3 Å². The lowest BCUT2D eigenvalue weighted by Gasteiger charge is -2.37. The third-order valence-corrected chi connectivity index (χ3v) is 5.01. The number of hydrogen-bond acceptors (Lipinski definition) is 2. The number of nitrogens with one attached hydrogen (secondary N) is 1. The van der Waals surface area contributed by atoms with Crippen LogP contribution in [0.4, 0.5) is 13.2 Å². The van der Waals surface area contributed by atoms with Crippen LogP contribution >= 0.6 is 0 Å². The Hall–Kier alpha value is -2.08. The molecule has 0 saturated carbocycles. The van der Waals surface area contributed by atoms with Crippen LogP contribution in [0, 0.1) is 5.92 Å². The van der Waals surface area contributed by atoms with Gasteiger partial charge in [-0.1, -0.05) is 12.1 Å². The monoisotopic (exact) mass is 334 g/mol. The fourth-order valence-corrected chi connectivity index (χ4v) is 3.87. The first-order chi connectivity index (χ1) is 11.4. The van der Waals surface area contributed by atoms with E-state index in [2.05, 4.69) is 5.32 Å². The van der Waals surface area contributed by atoms with Crippen molar-refractivity contribution < 1.29 is 13.2 Å². The highest BCUT2D eigenvalue weighted by atomic mass is 19.4. The van der Waals surface area contributed by atoms with Crippen molar-refractivity contribution in [1.29, 1.82) is 0 Å². The highest BCUT2D eigenvalue weighted by molar-refractivity contribution is 5.63. The first-order valence-electron chi connectivity index (χ1n) is 8.05. The summed E-state index contributed by atoms with van der Waals surface area (Å²) < 4.78 is 40.5. The number of halogens is 3. The predicted molar refractivity (Wildman–Crippen MR) is 84.9 cm³/mol. The Balaban J connectivity index is 1.81. The van der Waals surface area contributed by atoms with Crippen LogP contribution in [0.2, 0.25) is 0 Å². The van der Waals surface area contributed by atoms with Gasteiger partial charge >= 0.3 is 6.18 Å². The van der Waals surface area contributed by atoms with E-state index in [-0.39, 0.29) is 5.56 Å². The molecule has 1 aromatic carbocycles. The zero-order valence-electron chi connectivity index (χ0n) is 12.9. The standard InChI is InChI=1S/C18H17F3N2O/c19-18(20,21)14-3-1-2-12(7-14)15-4-5-16-13-6-11(8-22-9-13)10-23(16)17(15)24/h1-5,7,11,13,22H,6,8-10H2. The average Bonchev–Trinajstić information content (AvgIpc) is 2.56. The lowest BCUT2D eigenvalue weighted by Crippen LogP contribution is -2.45. The van der Waals surface area contributed by atoms with Crippen molar-refractivity contribution in [2.24, 2.45) is 5.92 Å². The summed E-state index contributed by atoms with van der Waals surface area (Å²) in [6.07, 6.45) is -3.35. The molecule has 3 nitrogen and oxygen atoms in total. The Kier molecular flexibility index (Phi) is 3.53. The van der Waals surface area contributed by atoms with Gasteiger partial charge in [0, 0.05) is 30.3 Å². The van der Waals surface area contributed by atoms with Gasteiger partial charge in [-0.25, -0.2) is 0 Å². The SMILES string of the molecule is O=c1c(-c2cccc(C(F)(F)F)c2)ccc2n1CC1CNCC2C1. The van der Waals surface area contributed by atoms with E-state index in [0.29, 0.717) is 29.5 Å². The molecule has 0 radical (unpaired) electrons. The molecule has 2 aliphatic rings. The summed E-state index contributed by atoms with van der Waals surface area (Å²) in [7, 11) is 0. The number of benzene rings is 1. The van der Waals surface area contributed by atoms with Crippen molar-refractivity contribution in [3.05, 3.63) is 58.0 Å². The van der Waals surface area contributed by atoms with E-state index in [1.54, 1.807) is 16.7 Å².